The summed E-state index contributed by atoms with van der Waals surface area (Å²) in [5, 5.41) is 9.99. The van der Waals surface area contributed by atoms with Crippen LogP contribution < -0.4 is 26.2 Å². The molecule has 0 atom stereocenters. The van der Waals surface area contributed by atoms with E-state index < -0.39 is 0 Å². The normalized spacial score (nSPS) is 12.7. The number of hydrogen-bond donors (Lipinski definition) is 0. The minimum absolute atomic E-state index is 0.0941. The molecule has 21 aromatic rings. The van der Waals surface area contributed by atoms with Crippen LogP contribution in [-0.2, 0) is 5.41 Å². The number of anilines is 6. The van der Waals surface area contributed by atoms with Gasteiger partial charge >= 0.3 is 0 Å². The van der Waals surface area contributed by atoms with Gasteiger partial charge in [0.05, 0.1) is 33.4 Å². The lowest BCUT2D eigenvalue weighted by atomic mass is 9.33. The van der Waals surface area contributed by atoms with Crippen LogP contribution in [0, 0.1) is 0 Å². The van der Waals surface area contributed by atoms with Gasteiger partial charge in [-0.25, -0.2) is 0 Å². The molecule has 0 N–H and O–H groups in total. The molecule has 0 aliphatic carbocycles. The Balaban J connectivity index is 0.857. The second-order valence-electron chi connectivity index (χ2n) is 31.4. The van der Waals surface area contributed by atoms with Crippen LogP contribution in [0.15, 0.2) is 376 Å². The van der Waals surface area contributed by atoms with E-state index in [4.69, 9.17) is 0 Å². The van der Waals surface area contributed by atoms with Crippen molar-refractivity contribution in [2.45, 2.75) is 26.2 Å². The Morgan fingerprint density at radius 3 is 1.29 bits per heavy atom. The highest BCUT2D eigenvalue weighted by Crippen LogP contribution is 2.53. The van der Waals surface area contributed by atoms with Crippen molar-refractivity contribution >= 4 is 164 Å². The SMILES string of the molecule is CC(C)(C)c1ccc(N2c3ccc(-c4c(-c5cccc6sc7ccccc7c56)cccc4-n4c5ccccc5c5ccccc54)cc3B3c4ccc(-c5ccccc5)cc4N(c4ccc(-c5ccccc5)cc4)c4cc(-c5c(-c6ccc7c(c6)sc6ccccc67)cccc5-n5c6ccccc6c6ccccc65)cc2c43)cc1. The molecule has 0 amide bonds. The maximum absolute atomic E-state index is 2.63. The Kier molecular flexibility index (Phi) is 14.7. The fourth-order valence-corrected chi connectivity index (χ4v) is 21.3. The van der Waals surface area contributed by atoms with E-state index in [1.54, 1.807) is 0 Å². The number of benzene rings is 17. The van der Waals surface area contributed by atoms with E-state index in [1.165, 1.54) is 117 Å². The van der Waals surface area contributed by atoms with Crippen molar-refractivity contribution in [1.82, 2.24) is 9.13 Å². The molecule has 2 aliphatic heterocycles. The van der Waals surface area contributed by atoms with Gasteiger partial charge in [0.2, 0.25) is 0 Å². The lowest BCUT2D eigenvalue weighted by Gasteiger charge is -2.45. The lowest BCUT2D eigenvalue weighted by molar-refractivity contribution is 0.590. The number of fused-ring (bicyclic) bond motifs is 16. The highest BCUT2D eigenvalue weighted by atomic mass is 32.1. The highest BCUT2D eigenvalue weighted by molar-refractivity contribution is 7.26. The first-order chi connectivity index (χ1) is 55.7. The Labute approximate surface area is 663 Å². The Bertz CT molecular complexity index is 7380. The van der Waals surface area contributed by atoms with Crippen molar-refractivity contribution in [3.05, 3.63) is 382 Å². The fraction of sp³-hybridized carbons (Fsp3) is 0.0377. The maximum atomic E-state index is 2.63. The molecule has 0 fully saturated rings. The van der Waals surface area contributed by atoms with Crippen LogP contribution in [-0.4, -0.2) is 15.8 Å². The lowest BCUT2D eigenvalue weighted by Crippen LogP contribution is -2.61. The van der Waals surface area contributed by atoms with Crippen molar-refractivity contribution in [3.63, 3.8) is 0 Å². The van der Waals surface area contributed by atoms with Crippen LogP contribution >= 0.6 is 22.7 Å². The average Bonchev–Trinajstić information content (AvgIpc) is 1.64. The molecule has 4 aromatic heterocycles. The summed E-state index contributed by atoms with van der Waals surface area (Å²) in [6.07, 6.45) is 0. The first-order valence-electron chi connectivity index (χ1n) is 39.1. The molecule has 0 bridgehead atoms. The van der Waals surface area contributed by atoms with Crippen molar-refractivity contribution in [1.29, 1.82) is 0 Å². The predicted molar refractivity (Wildman–Crippen MR) is 486 cm³/mol. The van der Waals surface area contributed by atoms with Crippen LogP contribution in [0.4, 0.5) is 34.1 Å². The van der Waals surface area contributed by atoms with E-state index in [9.17, 15) is 0 Å². The largest absolute Gasteiger partial charge is 0.311 e. The van der Waals surface area contributed by atoms with Gasteiger partial charge < -0.3 is 18.9 Å². The molecule has 0 saturated carbocycles. The summed E-state index contributed by atoms with van der Waals surface area (Å²) in [7, 11) is 0. The summed E-state index contributed by atoms with van der Waals surface area (Å²) in [4.78, 5) is 5.26. The molecule has 2 aliphatic rings. The topological polar surface area (TPSA) is 16.3 Å². The summed E-state index contributed by atoms with van der Waals surface area (Å²) < 4.78 is 10.2. The van der Waals surface area contributed by atoms with E-state index in [0.29, 0.717) is 0 Å². The summed E-state index contributed by atoms with van der Waals surface area (Å²) in [5.41, 5.74) is 32.3. The molecule has 6 heterocycles. The second kappa shape index (κ2) is 25.5. The molecule has 0 radical (unpaired) electrons. The summed E-state index contributed by atoms with van der Waals surface area (Å²) in [6.45, 7) is 6.69. The van der Waals surface area contributed by atoms with Gasteiger partial charge in [0, 0.05) is 107 Å². The molecule has 530 valence electrons. The number of nitrogens with zero attached hydrogens (tertiary/aromatic N) is 4. The molecule has 17 aromatic carbocycles. The number of hydrogen-bond acceptors (Lipinski definition) is 4. The third kappa shape index (κ3) is 10.2. The molecule has 0 unspecified atom stereocenters. The van der Waals surface area contributed by atoms with Crippen LogP contribution in [0.2, 0.25) is 0 Å². The monoisotopic (exact) mass is 1470 g/mol. The van der Waals surface area contributed by atoms with Crippen molar-refractivity contribution in [2.24, 2.45) is 0 Å². The van der Waals surface area contributed by atoms with Crippen molar-refractivity contribution < 1.29 is 0 Å². The standard InChI is InChI=1S/C106H71BN4S2/c1-106(2,3)73-52-56-75(57-53-73)108-92-60-51-71(102-83(84-37-24-46-100-104(84)85-34-15-21-45-99(85)112-100)36-23-43-93(102)110-88-38-16-10-29-77(88)78-30-11-17-39-89(78)110)61-87(92)107-86-59-50-69(67-27-8-5-9-28-67)62-95(86)109(74-54-47-68(48-55-74)66-25-6-4-7-26-66)97-64-72(63-96(108)105(97)107)103-76(70-49-58-82-81-33-14-20-44-98(81)113-101(82)65-70)35-22-42-94(103)111-90-40-18-12-31-79(90)80-32-13-19-41-91(80)111/h4-65H,1-3H3. The van der Waals surface area contributed by atoms with Gasteiger partial charge in [-0.05, 0) is 192 Å². The summed E-state index contributed by atoms with van der Waals surface area (Å²) in [6, 6.07) is 143. The van der Waals surface area contributed by atoms with Crippen LogP contribution in [0.1, 0.15) is 26.3 Å². The van der Waals surface area contributed by atoms with Crippen molar-refractivity contribution in [2.75, 3.05) is 9.80 Å². The van der Waals surface area contributed by atoms with Gasteiger partial charge in [-0.15, -0.1) is 22.7 Å². The molecule has 0 spiro atoms. The zero-order valence-electron chi connectivity index (χ0n) is 62.5. The van der Waals surface area contributed by atoms with Gasteiger partial charge in [0.25, 0.3) is 6.71 Å². The smallest absolute Gasteiger partial charge is 0.252 e. The number of thiophene rings is 2. The van der Waals surface area contributed by atoms with E-state index in [0.717, 1.165) is 101 Å². The van der Waals surface area contributed by atoms with Gasteiger partial charge in [-0.1, -0.05) is 288 Å². The molecule has 4 nitrogen and oxygen atoms in total. The Morgan fingerprint density at radius 2 is 0.681 bits per heavy atom. The molecule has 7 heteroatoms. The van der Waals surface area contributed by atoms with Gasteiger partial charge in [-0.2, -0.15) is 0 Å². The molecular weight excluding hydrogens is 1400 g/mol. The van der Waals surface area contributed by atoms with E-state index in [1.807, 2.05) is 22.7 Å². The molecule has 113 heavy (non-hydrogen) atoms. The van der Waals surface area contributed by atoms with Crippen molar-refractivity contribution in [3.8, 4) is 78.1 Å². The molecule has 0 saturated heterocycles. The first-order valence-corrected chi connectivity index (χ1v) is 40.8. The second-order valence-corrected chi connectivity index (χ2v) is 33.5. The van der Waals surface area contributed by atoms with Gasteiger partial charge in [-0.3, -0.25) is 0 Å². The highest BCUT2D eigenvalue weighted by Gasteiger charge is 2.45. The zero-order chi connectivity index (χ0) is 74.7. The van der Waals surface area contributed by atoms with Gasteiger partial charge in [0.1, 0.15) is 0 Å². The predicted octanol–water partition coefficient (Wildman–Crippen LogP) is 28.0. The minimum Gasteiger partial charge on any atom is -0.311 e. The third-order valence-electron chi connectivity index (χ3n) is 24.1. The molecular formula is C106H71BN4S2. The number of para-hydroxylation sites is 4. The fourth-order valence-electron chi connectivity index (χ4n) is 19.0. The van der Waals surface area contributed by atoms with Crippen LogP contribution in [0.3, 0.4) is 0 Å². The van der Waals surface area contributed by atoms with E-state index >= 15 is 0 Å². The maximum Gasteiger partial charge on any atom is 0.252 e. The summed E-state index contributed by atoms with van der Waals surface area (Å²) in [5.74, 6) is 0. The van der Waals surface area contributed by atoms with E-state index in [2.05, 4.69) is 416 Å². The quantitative estimate of drug-likeness (QED) is 0.127. The minimum atomic E-state index is -0.274. The van der Waals surface area contributed by atoms with Crippen LogP contribution in [0.5, 0.6) is 0 Å². The number of rotatable bonds is 10. The van der Waals surface area contributed by atoms with E-state index in [-0.39, 0.29) is 12.1 Å². The number of aromatic nitrogens is 2. The summed E-state index contributed by atoms with van der Waals surface area (Å²) >= 11 is 3.75. The van der Waals surface area contributed by atoms with Gasteiger partial charge in [0.15, 0.2) is 0 Å². The molecule has 23 rings (SSSR count). The van der Waals surface area contributed by atoms with Crippen LogP contribution in [0.25, 0.3) is 162 Å². The zero-order valence-corrected chi connectivity index (χ0v) is 64.1. The Morgan fingerprint density at radius 1 is 0.248 bits per heavy atom. The third-order valence-corrected chi connectivity index (χ3v) is 26.4. The Hall–Kier alpha value is -13.6. The first kappa shape index (κ1) is 65.3. The average molecular weight is 1480 g/mol.